The zero-order valence-corrected chi connectivity index (χ0v) is 34.4. The maximum atomic E-state index is 12.6. The second kappa shape index (κ2) is 36.0. The fourth-order valence-corrected chi connectivity index (χ4v) is 5.67. The second-order valence-corrected chi connectivity index (χ2v) is 14.9. The number of allylic oxidation sites excluding steroid dienone is 10. The summed E-state index contributed by atoms with van der Waals surface area (Å²) in [5.41, 5.74) is 0. The van der Waals surface area contributed by atoms with Gasteiger partial charge in [0.15, 0.2) is 12.1 Å². The number of carboxylic acids is 1. The van der Waals surface area contributed by atoms with Gasteiger partial charge in [0, 0.05) is 19.3 Å². The number of unbranched alkanes of at least 4 members (excludes halogenated alkanes) is 12. The Morgan fingerprint density at radius 3 is 1.64 bits per heavy atom. The Morgan fingerprint density at radius 2 is 1.08 bits per heavy atom. The van der Waals surface area contributed by atoms with Crippen molar-refractivity contribution >= 4 is 17.9 Å². The van der Waals surface area contributed by atoms with Gasteiger partial charge in [0.2, 0.25) is 0 Å². The van der Waals surface area contributed by atoms with Crippen LogP contribution in [-0.2, 0) is 28.6 Å². The molecule has 0 rings (SSSR count). The van der Waals surface area contributed by atoms with E-state index < -0.39 is 18.1 Å². The number of ether oxygens (including phenoxy) is 3. The van der Waals surface area contributed by atoms with Crippen molar-refractivity contribution < 1.29 is 38.2 Å². The molecule has 53 heavy (non-hydrogen) atoms. The Hall–Kier alpha value is -2.97. The van der Waals surface area contributed by atoms with E-state index in [-0.39, 0.29) is 42.7 Å². The number of quaternary nitrogens is 1. The largest absolute Gasteiger partial charge is 0.477 e. The van der Waals surface area contributed by atoms with Gasteiger partial charge in [-0.25, -0.2) is 4.79 Å². The summed E-state index contributed by atoms with van der Waals surface area (Å²) in [5, 5.41) is 9.59. The molecule has 8 nitrogen and oxygen atoms in total. The lowest BCUT2D eigenvalue weighted by atomic mass is 10.1. The highest BCUT2D eigenvalue weighted by atomic mass is 16.6. The van der Waals surface area contributed by atoms with Crippen LogP contribution in [-0.4, -0.2) is 80.6 Å². The second-order valence-electron chi connectivity index (χ2n) is 14.9. The Kier molecular flexibility index (Phi) is 34.0. The van der Waals surface area contributed by atoms with Crippen LogP contribution in [0.15, 0.2) is 60.8 Å². The standard InChI is InChI=1S/C45H77NO7/c1-6-8-10-12-14-16-17-18-19-20-21-22-23-24-25-26-28-29-31-33-35-43(47)52-40-41(39-51-38-37-42(45(49)50)46(3,4)5)53-44(48)36-34-32-30-27-15-13-11-9-7-2/h8,10,14,16,18-19,21-22,27,30,41-42H,6-7,9,11-13,15,17,20,23-26,28-29,31-40H2,1-5H3/p+1/b10-8+,16-14+,19-18+,22-21+,30-27+. The molecule has 0 heterocycles. The fourth-order valence-electron chi connectivity index (χ4n) is 5.67. The van der Waals surface area contributed by atoms with E-state index in [0.717, 1.165) is 64.2 Å². The molecule has 0 aliphatic rings. The van der Waals surface area contributed by atoms with E-state index in [1.165, 1.54) is 51.4 Å². The van der Waals surface area contributed by atoms with Gasteiger partial charge in [0.1, 0.15) is 6.61 Å². The van der Waals surface area contributed by atoms with Crippen molar-refractivity contribution in [3.63, 3.8) is 0 Å². The third-order valence-corrected chi connectivity index (χ3v) is 8.90. The minimum absolute atomic E-state index is 0.0441. The van der Waals surface area contributed by atoms with Gasteiger partial charge in [-0.3, -0.25) is 9.59 Å². The van der Waals surface area contributed by atoms with Crippen molar-refractivity contribution in [3.05, 3.63) is 60.8 Å². The minimum Gasteiger partial charge on any atom is -0.477 e. The molecular weight excluding hydrogens is 666 g/mol. The molecule has 2 atom stereocenters. The molecule has 2 unspecified atom stereocenters. The summed E-state index contributed by atoms with van der Waals surface area (Å²) in [5.74, 6) is -1.53. The normalized spacial score (nSPS) is 13.6. The Morgan fingerprint density at radius 1 is 0.585 bits per heavy atom. The lowest BCUT2D eigenvalue weighted by Crippen LogP contribution is -2.50. The molecular formula is C45H78NO7+. The molecule has 0 radical (unpaired) electrons. The molecule has 0 aromatic heterocycles. The minimum atomic E-state index is -0.884. The molecule has 8 heteroatoms. The maximum Gasteiger partial charge on any atom is 0.362 e. The summed E-state index contributed by atoms with van der Waals surface area (Å²) in [4.78, 5) is 36.8. The summed E-state index contributed by atoms with van der Waals surface area (Å²) in [6.45, 7) is 4.53. The van der Waals surface area contributed by atoms with E-state index in [1.54, 1.807) is 0 Å². The first-order chi connectivity index (χ1) is 25.6. The lowest BCUT2D eigenvalue weighted by molar-refractivity contribution is -0.887. The van der Waals surface area contributed by atoms with Crippen molar-refractivity contribution in [1.82, 2.24) is 0 Å². The smallest absolute Gasteiger partial charge is 0.362 e. The molecule has 0 aromatic rings. The number of aliphatic carboxylic acids is 1. The van der Waals surface area contributed by atoms with E-state index in [4.69, 9.17) is 14.2 Å². The van der Waals surface area contributed by atoms with E-state index in [1.807, 2.05) is 21.1 Å². The molecule has 0 saturated heterocycles. The first kappa shape index (κ1) is 50.0. The van der Waals surface area contributed by atoms with Gasteiger partial charge in [0.25, 0.3) is 0 Å². The summed E-state index contributed by atoms with van der Waals surface area (Å²) in [6.07, 6.45) is 42.8. The predicted molar refractivity (Wildman–Crippen MR) is 220 cm³/mol. The SMILES string of the molecule is CC/C=C/C/C=C/C/C=C/C/C=C/CCCCCCCCCC(=O)OCC(COCCC(C(=O)O)[N+](C)(C)C)OC(=O)CCC/C=C/CCCCCC. The van der Waals surface area contributed by atoms with Gasteiger partial charge in [0.05, 0.1) is 34.4 Å². The summed E-state index contributed by atoms with van der Waals surface area (Å²) in [6, 6.07) is -0.621. The number of carbonyl (C=O) groups is 3. The number of hydrogen-bond donors (Lipinski definition) is 1. The van der Waals surface area contributed by atoms with Crippen molar-refractivity contribution in [2.45, 2.75) is 167 Å². The summed E-state index contributed by atoms with van der Waals surface area (Å²) in [7, 11) is 5.50. The van der Waals surface area contributed by atoms with Crippen LogP contribution in [0.4, 0.5) is 0 Å². The van der Waals surface area contributed by atoms with Gasteiger partial charge in [-0.1, -0.05) is 126 Å². The number of nitrogens with zero attached hydrogens (tertiary/aromatic N) is 1. The number of carboxylic acid groups (broad SMARTS) is 1. The maximum absolute atomic E-state index is 12.6. The first-order valence-electron chi connectivity index (χ1n) is 20.8. The monoisotopic (exact) mass is 745 g/mol. The summed E-state index contributed by atoms with van der Waals surface area (Å²) < 4.78 is 17.2. The number of hydrogen-bond acceptors (Lipinski definition) is 6. The molecule has 0 aromatic carbocycles. The van der Waals surface area contributed by atoms with Gasteiger partial charge < -0.3 is 23.8 Å². The zero-order chi connectivity index (χ0) is 39.3. The molecule has 0 amide bonds. The third-order valence-electron chi connectivity index (χ3n) is 8.90. The molecule has 0 fully saturated rings. The quantitative estimate of drug-likeness (QED) is 0.0295. The van der Waals surface area contributed by atoms with Gasteiger partial charge in [-0.2, -0.15) is 0 Å². The molecule has 0 saturated carbocycles. The number of rotatable bonds is 36. The van der Waals surface area contributed by atoms with Gasteiger partial charge in [-0.15, -0.1) is 0 Å². The molecule has 0 aliphatic heterocycles. The molecule has 304 valence electrons. The molecule has 0 bridgehead atoms. The van der Waals surface area contributed by atoms with E-state index in [2.05, 4.69) is 74.6 Å². The highest BCUT2D eigenvalue weighted by molar-refractivity contribution is 5.72. The predicted octanol–water partition coefficient (Wildman–Crippen LogP) is 11.0. The molecule has 1 N–H and O–H groups in total. The van der Waals surface area contributed by atoms with E-state index >= 15 is 0 Å². The number of carbonyl (C=O) groups excluding carboxylic acids is 2. The molecule has 0 spiro atoms. The van der Waals surface area contributed by atoms with Crippen LogP contribution in [0.2, 0.25) is 0 Å². The highest BCUT2D eigenvalue weighted by Crippen LogP contribution is 2.13. The Bertz CT molecular complexity index is 1050. The zero-order valence-electron chi connectivity index (χ0n) is 34.4. The van der Waals surface area contributed by atoms with Crippen molar-refractivity contribution in [2.75, 3.05) is 41.0 Å². The van der Waals surface area contributed by atoms with Crippen molar-refractivity contribution in [2.24, 2.45) is 0 Å². The molecule has 0 aliphatic carbocycles. The Labute approximate surface area is 324 Å². The van der Waals surface area contributed by atoms with E-state index in [9.17, 15) is 19.5 Å². The van der Waals surface area contributed by atoms with Crippen LogP contribution in [0.5, 0.6) is 0 Å². The lowest BCUT2D eigenvalue weighted by Gasteiger charge is -2.31. The van der Waals surface area contributed by atoms with Crippen molar-refractivity contribution in [1.29, 1.82) is 0 Å². The average molecular weight is 745 g/mol. The van der Waals surface area contributed by atoms with Crippen LogP contribution in [0.25, 0.3) is 0 Å². The van der Waals surface area contributed by atoms with Crippen molar-refractivity contribution in [3.8, 4) is 0 Å². The average Bonchev–Trinajstić information content (AvgIpc) is 3.11. The van der Waals surface area contributed by atoms with Crippen LogP contribution in [0.1, 0.15) is 155 Å². The van der Waals surface area contributed by atoms with Crippen LogP contribution >= 0.6 is 0 Å². The number of esters is 2. The van der Waals surface area contributed by atoms with E-state index in [0.29, 0.717) is 19.3 Å². The van der Waals surface area contributed by atoms with Crippen LogP contribution in [0.3, 0.4) is 0 Å². The topological polar surface area (TPSA) is 99.1 Å². The van der Waals surface area contributed by atoms with Crippen LogP contribution in [0, 0.1) is 0 Å². The van der Waals surface area contributed by atoms with Gasteiger partial charge >= 0.3 is 17.9 Å². The number of likely N-dealkylation sites (N-methyl/N-ethyl adjacent to an activating group) is 1. The van der Waals surface area contributed by atoms with Crippen LogP contribution < -0.4 is 0 Å². The highest BCUT2D eigenvalue weighted by Gasteiger charge is 2.31. The fraction of sp³-hybridized carbons (Fsp3) is 0.711. The Balaban J connectivity index is 4.32. The third kappa shape index (κ3) is 34.5. The first-order valence-corrected chi connectivity index (χ1v) is 20.8. The summed E-state index contributed by atoms with van der Waals surface area (Å²) >= 11 is 0. The van der Waals surface area contributed by atoms with Gasteiger partial charge in [-0.05, 0) is 70.6 Å².